The largest absolute Gasteiger partial charge is 0.378 e. The van der Waals surface area contributed by atoms with Crippen LogP contribution in [0.3, 0.4) is 0 Å². The van der Waals surface area contributed by atoms with Gasteiger partial charge in [0.25, 0.3) is 11.6 Å². The summed E-state index contributed by atoms with van der Waals surface area (Å²) in [5.74, 6) is 5.34. The van der Waals surface area contributed by atoms with E-state index in [0.29, 0.717) is 0 Å². The van der Waals surface area contributed by atoms with Crippen LogP contribution in [-0.2, 0) is 0 Å². The van der Waals surface area contributed by atoms with Crippen molar-refractivity contribution in [1.29, 1.82) is 0 Å². The Hall–Kier alpha value is -3.04. The van der Waals surface area contributed by atoms with Crippen LogP contribution in [0.4, 0.5) is 11.4 Å². The standard InChI is InChI=1S/C18H16ClN3O3/c1-21(2)15-8-5-13(6-9-15)4-3-11-20-18(23)14-7-10-16(19)17(12-14)22(24)25/h5-10,12H,11H2,1-2H3,(H,20,23). The molecule has 6 nitrogen and oxygen atoms in total. The lowest BCUT2D eigenvalue weighted by molar-refractivity contribution is -0.384. The van der Waals surface area contributed by atoms with E-state index >= 15 is 0 Å². The minimum atomic E-state index is -0.629. The molecule has 2 aromatic carbocycles. The van der Waals surface area contributed by atoms with Crippen LogP contribution < -0.4 is 10.2 Å². The Morgan fingerprint density at radius 2 is 1.92 bits per heavy atom. The first-order valence-electron chi connectivity index (χ1n) is 7.37. The van der Waals surface area contributed by atoms with Gasteiger partial charge in [-0.15, -0.1) is 0 Å². The number of rotatable bonds is 4. The van der Waals surface area contributed by atoms with Crippen molar-refractivity contribution in [3.8, 4) is 11.8 Å². The molecular formula is C18H16ClN3O3. The van der Waals surface area contributed by atoms with Crippen LogP contribution in [0.5, 0.6) is 0 Å². The number of hydrogen-bond acceptors (Lipinski definition) is 4. The fourth-order valence-electron chi connectivity index (χ4n) is 2.01. The maximum absolute atomic E-state index is 12.0. The zero-order valence-corrected chi connectivity index (χ0v) is 14.5. The molecular weight excluding hydrogens is 342 g/mol. The number of nitro groups is 1. The molecule has 2 rings (SSSR count). The number of benzene rings is 2. The van der Waals surface area contributed by atoms with Crippen molar-refractivity contribution >= 4 is 28.9 Å². The van der Waals surface area contributed by atoms with Crippen molar-refractivity contribution in [2.45, 2.75) is 0 Å². The second-order valence-corrected chi connectivity index (χ2v) is 5.76. The fourth-order valence-corrected chi connectivity index (χ4v) is 2.20. The van der Waals surface area contributed by atoms with Crippen molar-refractivity contribution in [3.63, 3.8) is 0 Å². The molecule has 25 heavy (non-hydrogen) atoms. The lowest BCUT2D eigenvalue weighted by Crippen LogP contribution is -2.23. The summed E-state index contributed by atoms with van der Waals surface area (Å²) in [6, 6.07) is 11.6. The number of nitrogens with one attached hydrogen (secondary N) is 1. The third-order valence-corrected chi connectivity index (χ3v) is 3.68. The van der Waals surface area contributed by atoms with Gasteiger partial charge >= 0.3 is 0 Å². The Bertz CT molecular complexity index is 852. The highest BCUT2D eigenvalue weighted by molar-refractivity contribution is 6.32. The lowest BCUT2D eigenvalue weighted by atomic mass is 10.2. The van der Waals surface area contributed by atoms with Gasteiger partial charge in [-0.2, -0.15) is 0 Å². The molecule has 0 saturated carbocycles. The van der Waals surface area contributed by atoms with Crippen LogP contribution in [0.25, 0.3) is 0 Å². The summed E-state index contributed by atoms with van der Waals surface area (Å²) >= 11 is 5.72. The van der Waals surface area contributed by atoms with Gasteiger partial charge in [0, 0.05) is 37.0 Å². The molecule has 2 aromatic rings. The molecule has 0 saturated heterocycles. The van der Waals surface area contributed by atoms with Gasteiger partial charge in [0.05, 0.1) is 11.5 Å². The highest BCUT2D eigenvalue weighted by atomic mass is 35.5. The molecule has 128 valence electrons. The van der Waals surface area contributed by atoms with Crippen LogP contribution in [-0.4, -0.2) is 31.5 Å². The maximum Gasteiger partial charge on any atom is 0.288 e. The molecule has 0 aliphatic rings. The second-order valence-electron chi connectivity index (χ2n) is 5.35. The third kappa shape index (κ3) is 4.96. The smallest absolute Gasteiger partial charge is 0.288 e. The van der Waals surface area contributed by atoms with Crippen LogP contribution in [0.15, 0.2) is 42.5 Å². The summed E-state index contributed by atoms with van der Waals surface area (Å²) in [4.78, 5) is 24.2. The van der Waals surface area contributed by atoms with Crippen molar-refractivity contribution in [1.82, 2.24) is 5.32 Å². The van der Waals surface area contributed by atoms with E-state index in [0.717, 1.165) is 17.3 Å². The Labute approximate surface area is 150 Å². The molecule has 0 aliphatic heterocycles. The average molecular weight is 358 g/mol. The van der Waals surface area contributed by atoms with E-state index in [1.807, 2.05) is 43.3 Å². The first-order valence-corrected chi connectivity index (χ1v) is 7.74. The van der Waals surface area contributed by atoms with Gasteiger partial charge in [0.1, 0.15) is 5.02 Å². The third-order valence-electron chi connectivity index (χ3n) is 3.36. The molecule has 0 bridgehead atoms. The Morgan fingerprint density at radius 1 is 1.24 bits per heavy atom. The summed E-state index contributed by atoms with van der Waals surface area (Å²) in [5, 5.41) is 13.4. The normalized spacial score (nSPS) is 9.72. The summed E-state index contributed by atoms with van der Waals surface area (Å²) in [6.07, 6.45) is 0. The number of hydrogen-bond donors (Lipinski definition) is 1. The predicted octanol–water partition coefficient (Wildman–Crippen LogP) is 3.10. The van der Waals surface area contributed by atoms with Crippen LogP contribution in [0, 0.1) is 22.0 Å². The average Bonchev–Trinajstić information content (AvgIpc) is 2.59. The number of nitro benzene ring substituents is 1. The quantitative estimate of drug-likeness (QED) is 0.518. The molecule has 0 atom stereocenters. The first-order chi connectivity index (χ1) is 11.9. The van der Waals surface area contributed by atoms with Crippen LogP contribution >= 0.6 is 11.6 Å². The van der Waals surface area contributed by atoms with E-state index in [9.17, 15) is 14.9 Å². The topological polar surface area (TPSA) is 75.5 Å². The summed E-state index contributed by atoms with van der Waals surface area (Å²) < 4.78 is 0. The minimum Gasteiger partial charge on any atom is -0.378 e. The van der Waals surface area contributed by atoms with Gasteiger partial charge in [0.15, 0.2) is 0 Å². The molecule has 0 heterocycles. The number of halogens is 1. The SMILES string of the molecule is CN(C)c1ccc(C#CCNC(=O)c2ccc(Cl)c([N+](=O)[O-])c2)cc1. The van der Waals surface area contributed by atoms with E-state index in [1.165, 1.54) is 12.1 Å². The Balaban J connectivity index is 1.97. The van der Waals surface area contributed by atoms with E-state index in [4.69, 9.17) is 11.6 Å². The van der Waals surface area contributed by atoms with Gasteiger partial charge in [-0.1, -0.05) is 23.4 Å². The maximum atomic E-state index is 12.0. The van der Waals surface area contributed by atoms with E-state index in [-0.39, 0.29) is 22.8 Å². The molecule has 0 unspecified atom stereocenters. The van der Waals surface area contributed by atoms with Gasteiger partial charge in [-0.3, -0.25) is 14.9 Å². The zero-order chi connectivity index (χ0) is 18.4. The Kier molecular flexibility index (Phi) is 5.98. The van der Waals surface area contributed by atoms with E-state index in [2.05, 4.69) is 17.2 Å². The summed E-state index contributed by atoms with van der Waals surface area (Å²) in [6.45, 7) is 0.130. The summed E-state index contributed by atoms with van der Waals surface area (Å²) in [5.41, 5.74) is 1.76. The van der Waals surface area contributed by atoms with E-state index < -0.39 is 10.8 Å². The lowest BCUT2D eigenvalue weighted by Gasteiger charge is -2.11. The van der Waals surface area contributed by atoms with Crippen LogP contribution in [0.1, 0.15) is 15.9 Å². The number of nitrogens with zero attached hydrogens (tertiary/aromatic N) is 2. The highest BCUT2D eigenvalue weighted by Gasteiger charge is 2.15. The zero-order valence-electron chi connectivity index (χ0n) is 13.7. The molecule has 0 spiro atoms. The predicted molar refractivity (Wildman–Crippen MR) is 98.1 cm³/mol. The minimum absolute atomic E-state index is 0.0116. The number of anilines is 1. The molecule has 0 aromatic heterocycles. The first kappa shape index (κ1) is 18.3. The van der Waals surface area contributed by atoms with Gasteiger partial charge < -0.3 is 10.2 Å². The van der Waals surface area contributed by atoms with Crippen molar-refractivity contribution in [2.24, 2.45) is 0 Å². The van der Waals surface area contributed by atoms with Gasteiger partial charge in [-0.05, 0) is 36.4 Å². The Morgan fingerprint density at radius 3 is 2.52 bits per heavy atom. The number of amides is 1. The molecule has 0 radical (unpaired) electrons. The summed E-state index contributed by atoms with van der Waals surface area (Å²) in [7, 11) is 3.91. The molecule has 0 aliphatic carbocycles. The molecule has 0 fully saturated rings. The second kappa shape index (κ2) is 8.18. The molecule has 1 amide bonds. The van der Waals surface area contributed by atoms with Gasteiger partial charge in [0.2, 0.25) is 0 Å². The molecule has 7 heteroatoms. The highest BCUT2D eigenvalue weighted by Crippen LogP contribution is 2.24. The van der Waals surface area contributed by atoms with E-state index in [1.54, 1.807) is 0 Å². The molecule has 1 N–H and O–H groups in total. The van der Waals surface area contributed by atoms with Gasteiger partial charge in [-0.25, -0.2) is 0 Å². The van der Waals surface area contributed by atoms with Crippen molar-refractivity contribution < 1.29 is 9.72 Å². The number of carbonyl (C=O) groups is 1. The fraction of sp³-hybridized carbons (Fsp3) is 0.167. The number of carbonyl (C=O) groups excluding carboxylic acids is 1. The van der Waals surface area contributed by atoms with Crippen molar-refractivity contribution in [2.75, 3.05) is 25.5 Å². The van der Waals surface area contributed by atoms with Crippen molar-refractivity contribution in [3.05, 3.63) is 68.7 Å². The monoisotopic (exact) mass is 357 g/mol. The van der Waals surface area contributed by atoms with Crippen LogP contribution in [0.2, 0.25) is 5.02 Å².